The van der Waals surface area contributed by atoms with Gasteiger partial charge in [-0.2, -0.15) is 0 Å². The van der Waals surface area contributed by atoms with Crippen molar-refractivity contribution in [3.63, 3.8) is 0 Å². The van der Waals surface area contributed by atoms with Crippen LogP contribution < -0.4 is 10.6 Å². The first-order valence-corrected chi connectivity index (χ1v) is 8.16. The summed E-state index contributed by atoms with van der Waals surface area (Å²) in [5.74, 6) is 0.305. The van der Waals surface area contributed by atoms with Crippen LogP contribution in [0.1, 0.15) is 72.1 Å². The number of carbonyl (C=O) groups excluding carboxylic acids is 1. The van der Waals surface area contributed by atoms with Gasteiger partial charge in [-0.3, -0.25) is 4.79 Å². The van der Waals surface area contributed by atoms with Gasteiger partial charge in [-0.1, -0.05) is 39.5 Å². The van der Waals surface area contributed by atoms with E-state index in [1.165, 1.54) is 19.3 Å². The second-order valence-electron chi connectivity index (χ2n) is 6.15. The molecule has 1 heterocycles. The maximum absolute atomic E-state index is 12.6. The Balaban J connectivity index is 2.47. The lowest BCUT2D eigenvalue weighted by Gasteiger charge is -2.37. The van der Waals surface area contributed by atoms with Crippen molar-refractivity contribution >= 4 is 5.91 Å². The molecule has 1 unspecified atom stereocenters. The molecule has 1 aliphatic rings. The van der Waals surface area contributed by atoms with Gasteiger partial charge in [-0.25, -0.2) is 0 Å². The molecule has 0 aromatic heterocycles. The highest BCUT2D eigenvalue weighted by Gasteiger charge is 2.38. The summed E-state index contributed by atoms with van der Waals surface area (Å²) in [7, 11) is 0. The number of nitrogens with one attached hydrogen (secondary N) is 2. The molecule has 112 valence electrons. The van der Waals surface area contributed by atoms with Gasteiger partial charge in [0.15, 0.2) is 0 Å². The number of unbranched alkanes of at least 4 members (excludes halogenated alkanes) is 2. The molecule has 1 saturated heterocycles. The monoisotopic (exact) mass is 268 g/mol. The summed E-state index contributed by atoms with van der Waals surface area (Å²) >= 11 is 0. The molecule has 1 fully saturated rings. The number of piperidine rings is 1. The molecule has 0 aliphatic carbocycles. The van der Waals surface area contributed by atoms with Crippen molar-refractivity contribution in [2.45, 2.75) is 78.2 Å². The first-order valence-electron chi connectivity index (χ1n) is 8.16. The maximum Gasteiger partial charge on any atom is 0.226 e. The van der Waals surface area contributed by atoms with E-state index in [1.807, 2.05) is 0 Å². The van der Waals surface area contributed by atoms with Crippen molar-refractivity contribution in [2.75, 3.05) is 13.1 Å². The average molecular weight is 268 g/mol. The largest absolute Gasteiger partial charge is 0.353 e. The fraction of sp³-hybridized carbons (Fsp3) is 0.938. The Morgan fingerprint density at radius 1 is 1.21 bits per heavy atom. The van der Waals surface area contributed by atoms with Crippen LogP contribution in [0.4, 0.5) is 0 Å². The highest BCUT2D eigenvalue weighted by molar-refractivity contribution is 5.83. The van der Waals surface area contributed by atoms with E-state index in [0.717, 1.165) is 45.2 Å². The van der Waals surface area contributed by atoms with E-state index >= 15 is 0 Å². The van der Waals surface area contributed by atoms with Crippen LogP contribution in [0.15, 0.2) is 0 Å². The lowest BCUT2D eigenvalue weighted by Crippen LogP contribution is -2.49. The second kappa shape index (κ2) is 8.57. The Morgan fingerprint density at radius 3 is 2.47 bits per heavy atom. The fourth-order valence-corrected chi connectivity index (χ4v) is 3.12. The van der Waals surface area contributed by atoms with Gasteiger partial charge in [0, 0.05) is 6.04 Å². The van der Waals surface area contributed by atoms with Gasteiger partial charge in [-0.05, 0) is 45.7 Å². The summed E-state index contributed by atoms with van der Waals surface area (Å²) in [5.41, 5.74) is -0.0982. The van der Waals surface area contributed by atoms with Crippen LogP contribution in [0.25, 0.3) is 0 Å². The van der Waals surface area contributed by atoms with Gasteiger partial charge < -0.3 is 10.6 Å². The minimum absolute atomic E-state index is 0.0982. The first kappa shape index (κ1) is 16.5. The third-order valence-corrected chi connectivity index (χ3v) is 4.39. The summed E-state index contributed by atoms with van der Waals surface area (Å²) in [6.45, 7) is 8.51. The number of rotatable bonds is 8. The van der Waals surface area contributed by atoms with E-state index in [2.05, 4.69) is 31.4 Å². The molecule has 0 aromatic rings. The molecule has 0 saturated carbocycles. The molecule has 3 heteroatoms. The van der Waals surface area contributed by atoms with E-state index in [1.54, 1.807) is 0 Å². The van der Waals surface area contributed by atoms with E-state index < -0.39 is 0 Å². The molecule has 0 spiro atoms. The molecule has 1 atom stereocenters. The summed E-state index contributed by atoms with van der Waals surface area (Å²) in [6, 6.07) is 0.322. The van der Waals surface area contributed by atoms with Crippen molar-refractivity contribution in [3.05, 3.63) is 0 Å². The van der Waals surface area contributed by atoms with Crippen molar-refractivity contribution < 1.29 is 4.79 Å². The van der Waals surface area contributed by atoms with Gasteiger partial charge in [0.05, 0.1) is 5.41 Å². The van der Waals surface area contributed by atoms with Gasteiger partial charge in [0.1, 0.15) is 0 Å². The van der Waals surface area contributed by atoms with Gasteiger partial charge in [-0.15, -0.1) is 0 Å². The molecule has 1 rings (SSSR count). The molecule has 2 N–H and O–H groups in total. The molecule has 0 radical (unpaired) electrons. The van der Waals surface area contributed by atoms with Crippen LogP contribution in [0.2, 0.25) is 0 Å². The lowest BCUT2D eigenvalue weighted by atomic mass is 9.74. The fourth-order valence-electron chi connectivity index (χ4n) is 3.12. The predicted octanol–water partition coefficient (Wildman–Crippen LogP) is 3.24. The standard InChI is InChI=1S/C16H32N2O/c1-4-6-7-8-14(3)18-15(19)16(9-5-2)10-12-17-13-11-16/h14,17H,4-13H2,1-3H3,(H,18,19). The quantitative estimate of drug-likeness (QED) is 0.664. The number of hydrogen-bond donors (Lipinski definition) is 2. The van der Waals surface area contributed by atoms with Crippen molar-refractivity contribution in [1.82, 2.24) is 10.6 Å². The van der Waals surface area contributed by atoms with Crippen LogP contribution in [-0.2, 0) is 4.79 Å². The Bertz CT molecular complexity index is 254. The topological polar surface area (TPSA) is 41.1 Å². The molecule has 19 heavy (non-hydrogen) atoms. The van der Waals surface area contributed by atoms with Crippen LogP contribution in [-0.4, -0.2) is 25.0 Å². The van der Waals surface area contributed by atoms with Crippen LogP contribution in [0.5, 0.6) is 0 Å². The normalized spacial score (nSPS) is 19.9. The first-order chi connectivity index (χ1) is 9.14. The van der Waals surface area contributed by atoms with Crippen LogP contribution in [0.3, 0.4) is 0 Å². The summed E-state index contributed by atoms with van der Waals surface area (Å²) < 4.78 is 0. The van der Waals surface area contributed by atoms with E-state index in [4.69, 9.17) is 0 Å². The number of carbonyl (C=O) groups is 1. The maximum atomic E-state index is 12.6. The zero-order valence-electron chi connectivity index (χ0n) is 13.1. The Labute approximate surface area is 118 Å². The minimum atomic E-state index is -0.0982. The Kier molecular flexibility index (Phi) is 7.44. The van der Waals surface area contributed by atoms with Crippen molar-refractivity contribution in [3.8, 4) is 0 Å². The summed E-state index contributed by atoms with van der Waals surface area (Å²) in [6.07, 6.45) is 8.96. The zero-order chi connectivity index (χ0) is 14.1. The number of amides is 1. The minimum Gasteiger partial charge on any atom is -0.353 e. The van der Waals surface area contributed by atoms with Crippen molar-refractivity contribution in [2.24, 2.45) is 5.41 Å². The second-order valence-corrected chi connectivity index (χ2v) is 6.15. The molecular weight excluding hydrogens is 236 g/mol. The molecular formula is C16H32N2O. The smallest absolute Gasteiger partial charge is 0.226 e. The molecule has 1 amide bonds. The van der Waals surface area contributed by atoms with Gasteiger partial charge >= 0.3 is 0 Å². The zero-order valence-corrected chi connectivity index (χ0v) is 13.1. The molecule has 3 nitrogen and oxygen atoms in total. The Morgan fingerprint density at radius 2 is 1.89 bits per heavy atom. The van der Waals surface area contributed by atoms with Gasteiger partial charge in [0.25, 0.3) is 0 Å². The van der Waals surface area contributed by atoms with Gasteiger partial charge in [0.2, 0.25) is 5.91 Å². The predicted molar refractivity (Wildman–Crippen MR) is 81.2 cm³/mol. The summed E-state index contributed by atoms with van der Waals surface area (Å²) in [5, 5.41) is 6.64. The third-order valence-electron chi connectivity index (χ3n) is 4.39. The Hall–Kier alpha value is -0.570. The SMILES string of the molecule is CCCCCC(C)NC(=O)C1(CCC)CCNCC1. The highest BCUT2D eigenvalue weighted by Crippen LogP contribution is 2.34. The lowest BCUT2D eigenvalue weighted by molar-refractivity contribution is -0.133. The third kappa shape index (κ3) is 5.13. The highest BCUT2D eigenvalue weighted by atomic mass is 16.2. The van der Waals surface area contributed by atoms with Crippen LogP contribution >= 0.6 is 0 Å². The average Bonchev–Trinajstić information content (AvgIpc) is 2.40. The molecule has 0 bridgehead atoms. The van der Waals surface area contributed by atoms with E-state index in [0.29, 0.717) is 11.9 Å². The number of hydrogen-bond acceptors (Lipinski definition) is 2. The van der Waals surface area contributed by atoms with E-state index in [-0.39, 0.29) is 5.41 Å². The van der Waals surface area contributed by atoms with E-state index in [9.17, 15) is 4.79 Å². The summed E-state index contributed by atoms with van der Waals surface area (Å²) in [4.78, 5) is 12.6. The molecule has 1 aliphatic heterocycles. The van der Waals surface area contributed by atoms with Crippen LogP contribution in [0, 0.1) is 5.41 Å². The van der Waals surface area contributed by atoms with Crippen molar-refractivity contribution in [1.29, 1.82) is 0 Å². The molecule has 0 aromatic carbocycles.